The Bertz CT molecular complexity index is 948. The number of carbonyl (C=O) groups is 1. The molecule has 1 heterocycles. The van der Waals surface area contributed by atoms with Crippen LogP contribution in [0.15, 0.2) is 47.6 Å². The number of hydrogen-bond donors (Lipinski definition) is 0. The zero-order valence-corrected chi connectivity index (χ0v) is 14.4. The fourth-order valence-corrected chi connectivity index (χ4v) is 2.99. The minimum Gasteiger partial charge on any atom is -0.374 e. The lowest BCUT2D eigenvalue weighted by Crippen LogP contribution is -2.42. The molecule has 148 valence electrons. The number of alkyl halides is 6. The van der Waals surface area contributed by atoms with Crippen LogP contribution in [-0.2, 0) is 16.6 Å². The summed E-state index contributed by atoms with van der Waals surface area (Å²) in [6, 6.07) is 7.26. The fourth-order valence-electron chi connectivity index (χ4n) is 2.99. The molecule has 3 nitrogen and oxygen atoms in total. The molecule has 9 heteroatoms. The van der Waals surface area contributed by atoms with Crippen LogP contribution in [0.2, 0.25) is 0 Å². The van der Waals surface area contributed by atoms with Gasteiger partial charge in [0.15, 0.2) is 0 Å². The summed E-state index contributed by atoms with van der Waals surface area (Å²) < 4.78 is 80.5. The average Bonchev–Trinajstić information content (AvgIpc) is 3.08. The van der Waals surface area contributed by atoms with Gasteiger partial charge in [0.05, 0.1) is 11.3 Å². The average molecular weight is 401 g/mol. The van der Waals surface area contributed by atoms with Gasteiger partial charge in [-0.1, -0.05) is 29.4 Å². The van der Waals surface area contributed by atoms with Crippen LogP contribution in [0.25, 0.3) is 0 Å². The Morgan fingerprint density at radius 1 is 1.07 bits per heavy atom. The second kappa shape index (κ2) is 6.65. The topological polar surface area (TPSA) is 38.7 Å². The lowest BCUT2D eigenvalue weighted by molar-refractivity contribution is -0.276. The molecule has 2 aromatic rings. The van der Waals surface area contributed by atoms with Crippen LogP contribution in [-0.4, -0.2) is 18.2 Å². The van der Waals surface area contributed by atoms with E-state index in [1.54, 1.807) is 6.92 Å². The molecule has 1 aliphatic rings. The van der Waals surface area contributed by atoms with Crippen molar-refractivity contribution in [1.82, 2.24) is 0 Å². The molecule has 0 fully saturated rings. The molecule has 2 aromatic carbocycles. The van der Waals surface area contributed by atoms with E-state index in [1.807, 2.05) is 0 Å². The van der Waals surface area contributed by atoms with Crippen LogP contribution in [0.1, 0.15) is 39.0 Å². The zero-order chi connectivity index (χ0) is 20.7. The first kappa shape index (κ1) is 19.9. The van der Waals surface area contributed by atoms with Crippen LogP contribution < -0.4 is 0 Å². The summed E-state index contributed by atoms with van der Waals surface area (Å²) in [5.74, 6) is 0. The maximum absolute atomic E-state index is 13.9. The lowest BCUT2D eigenvalue weighted by atomic mass is 9.85. The SMILES string of the molecule is Cc1cc(C2=NOC(c3cccc(C(F)(F)F)c3)(C(F)(F)F)C2)ccc1C=O. The summed E-state index contributed by atoms with van der Waals surface area (Å²) >= 11 is 0. The standard InChI is InChI=1S/C19H13F6NO2/c1-11-7-12(5-6-13(11)10-27)16-9-17(28-26-16,19(23,24)25)14-3-2-4-15(8-14)18(20,21)22/h2-8,10H,9H2,1H3. The third-order valence-corrected chi connectivity index (χ3v) is 4.57. The van der Waals surface area contributed by atoms with Crippen molar-refractivity contribution < 1.29 is 36.0 Å². The summed E-state index contributed by atoms with van der Waals surface area (Å²) in [6.07, 6.45) is -10.0. The molecule has 1 aliphatic heterocycles. The Hall–Kier alpha value is -2.84. The van der Waals surface area contributed by atoms with Gasteiger partial charge < -0.3 is 4.84 Å². The Kier molecular flexibility index (Phi) is 4.73. The molecule has 3 rings (SSSR count). The zero-order valence-electron chi connectivity index (χ0n) is 14.4. The third kappa shape index (κ3) is 3.36. The predicted molar refractivity (Wildman–Crippen MR) is 88.0 cm³/mol. The second-order valence-electron chi connectivity index (χ2n) is 6.40. The Labute approximate surface area is 155 Å². The number of halogens is 6. The summed E-state index contributed by atoms with van der Waals surface area (Å²) in [7, 11) is 0. The number of benzene rings is 2. The summed E-state index contributed by atoms with van der Waals surface area (Å²) in [6.45, 7) is 1.60. The highest BCUT2D eigenvalue weighted by molar-refractivity contribution is 6.02. The molecular weight excluding hydrogens is 388 g/mol. The molecule has 0 N–H and O–H groups in total. The first-order chi connectivity index (χ1) is 13.0. The maximum Gasteiger partial charge on any atom is 0.435 e. The normalized spacial score (nSPS) is 19.9. The number of aldehydes is 1. The van der Waals surface area contributed by atoms with E-state index in [4.69, 9.17) is 4.84 Å². The number of hydrogen-bond acceptors (Lipinski definition) is 3. The second-order valence-corrected chi connectivity index (χ2v) is 6.40. The van der Waals surface area contributed by atoms with E-state index in [1.165, 1.54) is 18.2 Å². The number of nitrogens with zero attached hydrogens (tertiary/aromatic N) is 1. The molecule has 28 heavy (non-hydrogen) atoms. The summed E-state index contributed by atoms with van der Waals surface area (Å²) in [5, 5.41) is 3.52. The molecule has 0 bridgehead atoms. The molecule has 1 atom stereocenters. The van der Waals surface area contributed by atoms with Crippen molar-refractivity contribution in [3.8, 4) is 0 Å². The predicted octanol–water partition coefficient (Wildman–Crippen LogP) is 5.41. The number of rotatable bonds is 3. The first-order valence-electron chi connectivity index (χ1n) is 8.04. The molecule has 0 saturated carbocycles. The van der Waals surface area contributed by atoms with Gasteiger partial charge in [0.1, 0.15) is 6.29 Å². The Balaban J connectivity index is 2.03. The van der Waals surface area contributed by atoms with Crippen molar-refractivity contribution in [3.05, 3.63) is 70.3 Å². The van der Waals surface area contributed by atoms with Crippen molar-refractivity contribution in [1.29, 1.82) is 0 Å². The van der Waals surface area contributed by atoms with Gasteiger partial charge in [-0.15, -0.1) is 0 Å². The van der Waals surface area contributed by atoms with E-state index in [2.05, 4.69) is 5.16 Å². The van der Waals surface area contributed by atoms with Gasteiger partial charge in [-0.25, -0.2) is 0 Å². The minimum atomic E-state index is -5.01. The van der Waals surface area contributed by atoms with E-state index in [0.29, 0.717) is 35.1 Å². The van der Waals surface area contributed by atoms with E-state index in [-0.39, 0.29) is 5.71 Å². The highest BCUT2D eigenvalue weighted by Crippen LogP contribution is 2.49. The van der Waals surface area contributed by atoms with Gasteiger partial charge in [-0.3, -0.25) is 4.79 Å². The van der Waals surface area contributed by atoms with Crippen LogP contribution >= 0.6 is 0 Å². The highest BCUT2D eigenvalue weighted by atomic mass is 19.4. The van der Waals surface area contributed by atoms with E-state index in [9.17, 15) is 31.1 Å². The van der Waals surface area contributed by atoms with Crippen molar-refractivity contribution in [2.45, 2.75) is 31.3 Å². The lowest BCUT2D eigenvalue weighted by Gasteiger charge is -2.30. The first-order valence-corrected chi connectivity index (χ1v) is 8.04. The third-order valence-electron chi connectivity index (χ3n) is 4.57. The molecule has 0 aliphatic carbocycles. The molecule has 0 amide bonds. The van der Waals surface area contributed by atoms with E-state index in [0.717, 1.165) is 12.1 Å². The van der Waals surface area contributed by atoms with Crippen LogP contribution in [0.4, 0.5) is 26.3 Å². The van der Waals surface area contributed by atoms with Crippen molar-refractivity contribution >= 4 is 12.0 Å². The van der Waals surface area contributed by atoms with Crippen molar-refractivity contribution in [3.63, 3.8) is 0 Å². The summed E-state index contributed by atoms with van der Waals surface area (Å²) in [4.78, 5) is 15.6. The van der Waals surface area contributed by atoms with Gasteiger partial charge in [0, 0.05) is 17.5 Å². The number of oxime groups is 1. The summed E-state index contributed by atoms with van der Waals surface area (Å²) in [5.41, 5.74) is -3.81. The van der Waals surface area contributed by atoms with Crippen molar-refractivity contribution in [2.24, 2.45) is 5.16 Å². The molecular formula is C19H13F6NO2. The van der Waals surface area contributed by atoms with Crippen molar-refractivity contribution in [2.75, 3.05) is 0 Å². The minimum absolute atomic E-state index is 0.0738. The fraction of sp³-hybridized carbons (Fsp3) is 0.263. The molecule has 0 radical (unpaired) electrons. The molecule has 0 aromatic heterocycles. The van der Waals surface area contributed by atoms with Crippen LogP contribution in [0, 0.1) is 6.92 Å². The van der Waals surface area contributed by atoms with Gasteiger partial charge in [-0.05, 0) is 36.2 Å². The van der Waals surface area contributed by atoms with Gasteiger partial charge in [-0.2, -0.15) is 26.3 Å². The number of aryl methyl sites for hydroxylation is 1. The highest BCUT2D eigenvalue weighted by Gasteiger charge is 2.62. The van der Waals surface area contributed by atoms with E-state index < -0.39 is 35.5 Å². The van der Waals surface area contributed by atoms with Gasteiger partial charge >= 0.3 is 12.4 Å². The van der Waals surface area contributed by atoms with Crippen LogP contribution in [0.3, 0.4) is 0 Å². The molecule has 0 spiro atoms. The van der Waals surface area contributed by atoms with Gasteiger partial charge in [0.2, 0.25) is 0 Å². The van der Waals surface area contributed by atoms with Crippen LogP contribution in [0.5, 0.6) is 0 Å². The van der Waals surface area contributed by atoms with E-state index >= 15 is 0 Å². The monoisotopic (exact) mass is 401 g/mol. The molecule has 1 unspecified atom stereocenters. The smallest absolute Gasteiger partial charge is 0.374 e. The largest absolute Gasteiger partial charge is 0.435 e. The maximum atomic E-state index is 13.9. The number of carbonyl (C=O) groups excluding carboxylic acids is 1. The quantitative estimate of drug-likeness (QED) is 0.510. The molecule has 0 saturated heterocycles. The Morgan fingerprint density at radius 2 is 1.79 bits per heavy atom. The van der Waals surface area contributed by atoms with Gasteiger partial charge in [0.25, 0.3) is 5.60 Å². The Morgan fingerprint density at radius 3 is 2.36 bits per heavy atom.